The predicted molar refractivity (Wildman–Crippen MR) is 94.3 cm³/mol. The average molecular weight is 321 g/mol. The topological polar surface area (TPSA) is 29.5 Å². The van der Waals surface area contributed by atoms with E-state index in [1.165, 1.54) is 11.1 Å². The van der Waals surface area contributed by atoms with E-state index in [2.05, 4.69) is 29.2 Å². The van der Waals surface area contributed by atoms with Crippen molar-refractivity contribution in [3.63, 3.8) is 0 Å². The lowest BCUT2D eigenvalue weighted by molar-refractivity contribution is 0.0637. The lowest BCUT2D eigenvalue weighted by Gasteiger charge is -2.36. The van der Waals surface area contributed by atoms with Crippen LogP contribution in [0.25, 0.3) is 0 Å². The molecule has 1 saturated carbocycles. The lowest BCUT2D eigenvalue weighted by Crippen LogP contribution is -2.38. The summed E-state index contributed by atoms with van der Waals surface area (Å²) in [5.74, 6) is 0.874. The third-order valence-electron chi connectivity index (χ3n) is 5.17. The first-order valence-corrected chi connectivity index (χ1v) is 8.82. The van der Waals surface area contributed by atoms with Crippen LogP contribution in [0.3, 0.4) is 0 Å². The normalized spacial score (nSPS) is 19.5. The number of amides is 1. The van der Waals surface area contributed by atoms with Gasteiger partial charge in [-0.05, 0) is 61.4 Å². The number of carbonyl (C=O) groups is 1. The third kappa shape index (κ3) is 2.79. The molecule has 0 saturated heterocycles. The van der Waals surface area contributed by atoms with Crippen molar-refractivity contribution >= 4 is 5.91 Å². The van der Waals surface area contributed by atoms with Gasteiger partial charge in [0.1, 0.15) is 5.75 Å². The van der Waals surface area contributed by atoms with Crippen LogP contribution in [0, 0.1) is 0 Å². The van der Waals surface area contributed by atoms with E-state index >= 15 is 0 Å². The van der Waals surface area contributed by atoms with Crippen molar-refractivity contribution in [2.45, 2.75) is 44.2 Å². The smallest absolute Gasteiger partial charge is 0.254 e. The summed E-state index contributed by atoms with van der Waals surface area (Å²) < 4.78 is 5.29. The van der Waals surface area contributed by atoms with Gasteiger partial charge in [-0.1, -0.05) is 30.3 Å². The van der Waals surface area contributed by atoms with Crippen molar-refractivity contribution in [2.75, 3.05) is 7.11 Å². The zero-order valence-corrected chi connectivity index (χ0v) is 14.1. The summed E-state index contributed by atoms with van der Waals surface area (Å²) in [6.45, 7) is 0. The third-order valence-corrected chi connectivity index (χ3v) is 5.17. The number of hydrogen-bond acceptors (Lipinski definition) is 2. The van der Waals surface area contributed by atoms with Gasteiger partial charge in [-0.25, -0.2) is 0 Å². The quantitative estimate of drug-likeness (QED) is 0.836. The summed E-state index contributed by atoms with van der Waals surface area (Å²) in [5.41, 5.74) is 3.47. The number of rotatable bonds is 4. The molecule has 0 aliphatic heterocycles. The Labute approximate surface area is 143 Å². The minimum absolute atomic E-state index is 0.137. The van der Waals surface area contributed by atoms with Gasteiger partial charge in [-0.3, -0.25) is 4.79 Å². The van der Waals surface area contributed by atoms with E-state index in [1.54, 1.807) is 7.11 Å². The molecule has 1 amide bonds. The van der Waals surface area contributed by atoms with E-state index in [0.717, 1.165) is 43.4 Å². The van der Waals surface area contributed by atoms with Crippen molar-refractivity contribution in [1.29, 1.82) is 0 Å². The second-order valence-electron chi connectivity index (χ2n) is 6.78. The highest BCUT2D eigenvalue weighted by Crippen LogP contribution is 2.41. The molecule has 1 atom stereocenters. The van der Waals surface area contributed by atoms with Crippen molar-refractivity contribution in [3.05, 3.63) is 65.2 Å². The van der Waals surface area contributed by atoms with Crippen molar-refractivity contribution in [1.82, 2.24) is 4.90 Å². The number of fused-ring (bicyclic) bond motifs is 1. The Hall–Kier alpha value is -2.29. The van der Waals surface area contributed by atoms with Crippen LogP contribution in [0.4, 0.5) is 0 Å². The molecule has 2 aliphatic rings. The fraction of sp³-hybridized carbons (Fsp3) is 0.381. The van der Waals surface area contributed by atoms with Gasteiger partial charge in [0, 0.05) is 11.6 Å². The van der Waals surface area contributed by atoms with Crippen LogP contribution in [0.5, 0.6) is 5.75 Å². The molecule has 0 N–H and O–H groups in total. The lowest BCUT2D eigenvalue weighted by atomic mass is 9.86. The minimum Gasteiger partial charge on any atom is -0.497 e. The molecule has 2 aromatic carbocycles. The van der Waals surface area contributed by atoms with Crippen molar-refractivity contribution in [2.24, 2.45) is 0 Å². The Kier molecular flexibility index (Phi) is 4.01. The molecule has 1 fully saturated rings. The molecule has 4 rings (SSSR count). The van der Waals surface area contributed by atoms with Gasteiger partial charge in [0.2, 0.25) is 0 Å². The maximum absolute atomic E-state index is 13.3. The summed E-state index contributed by atoms with van der Waals surface area (Å²) >= 11 is 0. The fourth-order valence-corrected chi connectivity index (χ4v) is 3.84. The first-order chi connectivity index (χ1) is 11.8. The second kappa shape index (κ2) is 6.31. The summed E-state index contributed by atoms with van der Waals surface area (Å²) in [7, 11) is 1.64. The predicted octanol–water partition coefficient (Wildman–Crippen LogP) is 4.38. The Bertz CT molecular complexity index is 751. The molecule has 0 bridgehead atoms. The van der Waals surface area contributed by atoms with E-state index in [4.69, 9.17) is 4.74 Å². The van der Waals surface area contributed by atoms with Crippen LogP contribution in [0.2, 0.25) is 0 Å². The molecule has 0 aromatic heterocycles. The number of benzene rings is 2. The monoisotopic (exact) mass is 321 g/mol. The van der Waals surface area contributed by atoms with E-state index in [-0.39, 0.29) is 11.9 Å². The molecule has 24 heavy (non-hydrogen) atoms. The van der Waals surface area contributed by atoms with Gasteiger partial charge < -0.3 is 9.64 Å². The number of aryl methyl sites for hydroxylation is 1. The summed E-state index contributed by atoms with van der Waals surface area (Å²) in [6, 6.07) is 16.7. The number of nitrogens with zero attached hydrogens (tertiary/aromatic N) is 1. The molecular formula is C21H23NO2. The molecule has 2 aromatic rings. The number of hydrogen-bond donors (Lipinski definition) is 0. The zero-order valence-electron chi connectivity index (χ0n) is 14.1. The highest BCUT2D eigenvalue weighted by Gasteiger charge is 2.39. The van der Waals surface area contributed by atoms with E-state index < -0.39 is 0 Å². The molecule has 3 nitrogen and oxygen atoms in total. The molecule has 124 valence electrons. The largest absolute Gasteiger partial charge is 0.497 e. The average Bonchev–Trinajstić information content (AvgIpc) is 3.47. The van der Waals surface area contributed by atoms with E-state index in [0.29, 0.717) is 6.04 Å². The van der Waals surface area contributed by atoms with Gasteiger partial charge in [0.05, 0.1) is 13.2 Å². The standard InChI is InChI=1S/C21H23NO2/c1-24-18-9-4-8-16(14-18)21(23)22(17-12-13-17)20-11-5-7-15-6-2-3-10-19(15)20/h2-4,6,8-10,14,17,20H,5,7,11-13H2,1H3. The van der Waals surface area contributed by atoms with Crippen LogP contribution < -0.4 is 4.74 Å². The minimum atomic E-state index is 0.137. The van der Waals surface area contributed by atoms with Crippen molar-refractivity contribution in [3.8, 4) is 5.75 Å². The van der Waals surface area contributed by atoms with Crippen LogP contribution in [0.15, 0.2) is 48.5 Å². The fourth-order valence-electron chi connectivity index (χ4n) is 3.84. The summed E-state index contributed by atoms with van der Waals surface area (Å²) in [6.07, 6.45) is 5.57. The van der Waals surface area contributed by atoms with Gasteiger partial charge in [0.25, 0.3) is 5.91 Å². The van der Waals surface area contributed by atoms with Gasteiger partial charge in [-0.15, -0.1) is 0 Å². The Morgan fingerprint density at radius 1 is 1.08 bits per heavy atom. The SMILES string of the molecule is COc1cccc(C(=O)N(C2CC2)C2CCCc3ccccc32)c1. The van der Waals surface area contributed by atoms with Gasteiger partial charge in [0.15, 0.2) is 0 Å². The number of carbonyl (C=O) groups excluding carboxylic acids is 1. The van der Waals surface area contributed by atoms with Crippen LogP contribution in [0.1, 0.15) is 53.2 Å². The maximum atomic E-state index is 13.3. The van der Waals surface area contributed by atoms with E-state index in [1.807, 2.05) is 24.3 Å². The Morgan fingerprint density at radius 2 is 1.92 bits per heavy atom. The first-order valence-electron chi connectivity index (χ1n) is 8.82. The van der Waals surface area contributed by atoms with Gasteiger partial charge >= 0.3 is 0 Å². The second-order valence-corrected chi connectivity index (χ2v) is 6.78. The summed E-state index contributed by atoms with van der Waals surface area (Å²) in [4.78, 5) is 15.4. The summed E-state index contributed by atoms with van der Waals surface area (Å²) in [5, 5.41) is 0. The van der Waals surface area contributed by atoms with Gasteiger partial charge in [-0.2, -0.15) is 0 Å². The molecule has 2 aliphatic carbocycles. The zero-order chi connectivity index (χ0) is 16.5. The first kappa shape index (κ1) is 15.3. The van der Waals surface area contributed by atoms with Crippen LogP contribution >= 0.6 is 0 Å². The molecule has 0 spiro atoms. The molecule has 1 unspecified atom stereocenters. The van der Waals surface area contributed by atoms with Crippen LogP contribution in [-0.4, -0.2) is 24.0 Å². The Balaban J connectivity index is 1.69. The molecule has 3 heteroatoms. The van der Waals surface area contributed by atoms with E-state index in [9.17, 15) is 4.79 Å². The number of ether oxygens (including phenoxy) is 1. The molecule has 0 heterocycles. The van der Waals surface area contributed by atoms with Crippen LogP contribution in [-0.2, 0) is 6.42 Å². The highest BCUT2D eigenvalue weighted by molar-refractivity contribution is 5.95. The maximum Gasteiger partial charge on any atom is 0.254 e. The molecular weight excluding hydrogens is 298 g/mol. The highest BCUT2D eigenvalue weighted by atomic mass is 16.5. The Morgan fingerprint density at radius 3 is 2.71 bits per heavy atom. The number of methoxy groups -OCH3 is 1. The molecule has 0 radical (unpaired) electrons. The van der Waals surface area contributed by atoms with Crippen molar-refractivity contribution < 1.29 is 9.53 Å².